The molecule has 0 radical (unpaired) electrons. The topological polar surface area (TPSA) is 75.4 Å². The van der Waals surface area contributed by atoms with Gasteiger partial charge in [0.05, 0.1) is 24.9 Å². The fraction of sp³-hybridized carbons (Fsp3) is 0.455. The Morgan fingerprint density at radius 1 is 1.17 bits per heavy atom. The number of piperazine rings is 1. The van der Waals surface area contributed by atoms with Crippen molar-refractivity contribution in [1.29, 1.82) is 0 Å². The summed E-state index contributed by atoms with van der Waals surface area (Å²) in [6, 6.07) is 13.0. The molecule has 9 nitrogen and oxygen atoms in total. The fourth-order valence-electron chi connectivity index (χ4n) is 6.11. The van der Waals surface area contributed by atoms with Gasteiger partial charge in [-0.2, -0.15) is 9.97 Å². The summed E-state index contributed by atoms with van der Waals surface area (Å²) >= 11 is 0. The van der Waals surface area contributed by atoms with Gasteiger partial charge in [0.1, 0.15) is 18.0 Å². The zero-order chi connectivity index (χ0) is 29.2. The first-order valence-corrected chi connectivity index (χ1v) is 14.9. The van der Waals surface area contributed by atoms with Crippen LogP contribution in [0.5, 0.6) is 6.01 Å². The van der Waals surface area contributed by atoms with Crippen LogP contribution in [0.15, 0.2) is 49.1 Å². The van der Waals surface area contributed by atoms with E-state index < -0.39 is 0 Å². The molecule has 3 heterocycles. The molecule has 0 N–H and O–H groups in total. The predicted molar refractivity (Wildman–Crippen MR) is 164 cm³/mol. The van der Waals surface area contributed by atoms with Gasteiger partial charge in [-0.1, -0.05) is 36.9 Å². The Labute approximate surface area is 247 Å². The average molecular weight is 567 g/mol. The first kappa shape index (κ1) is 28.0. The Kier molecular flexibility index (Phi) is 7.98. The summed E-state index contributed by atoms with van der Waals surface area (Å²) in [5.74, 6) is 0.710. The maximum Gasteiger partial charge on any atom is 0.319 e. The zero-order valence-electron chi connectivity index (χ0n) is 24.5. The van der Waals surface area contributed by atoms with Gasteiger partial charge in [-0.3, -0.25) is 4.79 Å². The van der Waals surface area contributed by atoms with Crippen LogP contribution in [0.25, 0.3) is 15.6 Å². The lowest BCUT2D eigenvalue weighted by molar-refractivity contribution is -0.128. The quantitative estimate of drug-likeness (QED) is 0.278. The minimum absolute atomic E-state index is 0.137. The van der Waals surface area contributed by atoms with Crippen molar-refractivity contribution in [2.24, 2.45) is 0 Å². The number of rotatable bonds is 9. The monoisotopic (exact) mass is 566 g/mol. The molecular formula is C33H38N6O3. The summed E-state index contributed by atoms with van der Waals surface area (Å²) in [6.45, 7) is 19.2. The Morgan fingerprint density at radius 2 is 1.98 bits per heavy atom. The number of carbonyl (C=O) groups is 1. The molecule has 2 atom stereocenters. The van der Waals surface area contributed by atoms with Gasteiger partial charge in [-0.05, 0) is 56.2 Å². The van der Waals surface area contributed by atoms with Gasteiger partial charge in [-0.15, -0.1) is 0 Å². The molecule has 1 saturated carbocycles. The molecule has 2 fully saturated rings. The van der Waals surface area contributed by atoms with Gasteiger partial charge in [0.25, 0.3) is 0 Å². The van der Waals surface area contributed by atoms with E-state index >= 15 is 0 Å². The number of carbonyl (C=O) groups excluding carboxylic acids is 1. The highest BCUT2D eigenvalue weighted by atomic mass is 16.5. The number of hydrogen-bond donors (Lipinski definition) is 0. The van der Waals surface area contributed by atoms with E-state index in [4.69, 9.17) is 26.0 Å². The van der Waals surface area contributed by atoms with Gasteiger partial charge < -0.3 is 29.0 Å². The van der Waals surface area contributed by atoms with Crippen LogP contribution >= 0.6 is 0 Å². The number of ether oxygens (including phenoxy) is 2. The van der Waals surface area contributed by atoms with Gasteiger partial charge in [-0.25, -0.2) is 6.57 Å². The highest BCUT2D eigenvalue weighted by Crippen LogP contribution is 2.36. The second-order valence-electron chi connectivity index (χ2n) is 11.5. The standard InChI is InChI=1S/C33H38N6O3/c1-5-30(40)39-17-16-38(19-25(39)18-34-4)32-27-14-15-37(29-11-7-10-24-9-6-8-22(2)31(24)29)20-28(27)35-33(36-32)42-23(3)21-41-26-12-13-26/h5-11,23,25-26H,1,12-21H2,2-3H3/t23-,25-/m0/s1. The van der Waals surface area contributed by atoms with Gasteiger partial charge in [0.2, 0.25) is 12.5 Å². The van der Waals surface area contributed by atoms with Crippen LogP contribution in [0.4, 0.5) is 11.5 Å². The highest BCUT2D eigenvalue weighted by Gasteiger charge is 2.35. The van der Waals surface area contributed by atoms with E-state index in [-0.39, 0.29) is 24.6 Å². The number of fused-ring (bicyclic) bond motifs is 2. The minimum Gasteiger partial charge on any atom is -0.458 e. The maximum absolute atomic E-state index is 12.5. The van der Waals surface area contributed by atoms with Crippen LogP contribution in [-0.2, 0) is 22.5 Å². The number of nitrogens with zero attached hydrogens (tertiary/aromatic N) is 6. The van der Waals surface area contributed by atoms with E-state index in [1.165, 1.54) is 28.1 Å². The van der Waals surface area contributed by atoms with Crippen molar-refractivity contribution in [3.63, 3.8) is 0 Å². The molecule has 6 rings (SSSR count). The van der Waals surface area contributed by atoms with Crippen molar-refractivity contribution >= 4 is 28.2 Å². The van der Waals surface area contributed by atoms with Gasteiger partial charge in [0, 0.05) is 42.8 Å². The minimum atomic E-state index is -0.235. The Balaban J connectivity index is 1.33. The molecule has 1 aromatic heterocycles. The summed E-state index contributed by atoms with van der Waals surface area (Å²) in [7, 11) is 0. The molecule has 0 unspecified atom stereocenters. The lowest BCUT2D eigenvalue weighted by Crippen LogP contribution is -2.56. The molecule has 1 amide bonds. The summed E-state index contributed by atoms with van der Waals surface area (Å²) in [5, 5.41) is 2.50. The first-order valence-electron chi connectivity index (χ1n) is 14.9. The smallest absolute Gasteiger partial charge is 0.319 e. The summed E-state index contributed by atoms with van der Waals surface area (Å²) < 4.78 is 12.1. The SMILES string of the molecule is [C-]#[N+]C[C@H]1CN(c2nc(O[C@@H](C)COC3CC3)nc3c2CCN(c2cccc4cccc(C)c24)C3)CCN1C(=O)C=C. The third-order valence-electron chi connectivity index (χ3n) is 8.39. The normalized spacial score (nSPS) is 19.3. The Bertz CT molecular complexity index is 1520. The fourth-order valence-corrected chi connectivity index (χ4v) is 6.11. The molecule has 2 aromatic carbocycles. The van der Waals surface area contributed by atoms with Crippen molar-refractivity contribution in [2.45, 2.75) is 57.9 Å². The molecule has 0 spiro atoms. The third-order valence-corrected chi connectivity index (χ3v) is 8.39. The average Bonchev–Trinajstić information content (AvgIpc) is 3.84. The lowest BCUT2D eigenvalue weighted by atomic mass is 9.99. The lowest BCUT2D eigenvalue weighted by Gasteiger charge is -2.41. The molecule has 42 heavy (non-hydrogen) atoms. The van der Waals surface area contributed by atoms with Crippen LogP contribution < -0.4 is 14.5 Å². The number of aryl methyl sites for hydroxylation is 1. The zero-order valence-corrected chi connectivity index (χ0v) is 24.5. The van der Waals surface area contributed by atoms with Gasteiger partial charge >= 0.3 is 6.01 Å². The molecule has 3 aliphatic rings. The van der Waals surface area contributed by atoms with E-state index in [0.29, 0.717) is 44.9 Å². The predicted octanol–water partition coefficient (Wildman–Crippen LogP) is 4.57. The van der Waals surface area contributed by atoms with Crippen LogP contribution in [-0.4, -0.2) is 78.4 Å². The Hall–Kier alpha value is -4.16. The Morgan fingerprint density at radius 3 is 2.74 bits per heavy atom. The first-order chi connectivity index (χ1) is 20.4. The number of benzene rings is 2. The number of anilines is 2. The molecule has 9 heteroatoms. The largest absolute Gasteiger partial charge is 0.458 e. The summed E-state index contributed by atoms with van der Waals surface area (Å²) in [5.41, 5.74) is 4.53. The van der Waals surface area contributed by atoms with Crippen LogP contribution in [0, 0.1) is 13.5 Å². The van der Waals surface area contributed by atoms with E-state index in [0.717, 1.165) is 42.9 Å². The molecule has 1 aliphatic carbocycles. The molecule has 218 valence electrons. The second-order valence-corrected chi connectivity index (χ2v) is 11.5. The summed E-state index contributed by atoms with van der Waals surface area (Å²) in [4.78, 5) is 32.4. The highest BCUT2D eigenvalue weighted by molar-refractivity contribution is 5.97. The van der Waals surface area contributed by atoms with Crippen molar-refractivity contribution in [2.75, 3.05) is 49.1 Å². The number of aromatic nitrogens is 2. The third kappa shape index (κ3) is 5.77. The van der Waals surface area contributed by atoms with E-state index in [2.05, 4.69) is 64.5 Å². The molecular weight excluding hydrogens is 528 g/mol. The maximum atomic E-state index is 12.5. The van der Waals surface area contributed by atoms with E-state index in [1.54, 1.807) is 4.90 Å². The molecule has 2 aliphatic heterocycles. The molecule has 1 saturated heterocycles. The van der Waals surface area contributed by atoms with Crippen LogP contribution in [0.2, 0.25) is 0 Å². The van der Waals surface area contributed by atoms with Gasteiger partial charge in [0.15, 0.2) is 0 Å². The van der Waals surface area contributed by atoms with E-state index in [1.807, 2.05) is 6.92 Å². The second kappa shape index (κ2) is 12.0. The van der Waals surface area contributed by atoms with Crippen molar-refractivity contribution in [3.05, 3.63) is 77.3 Å². The molecule has 3 aromatic rings. The number of hydrogen-bond acceptors (Lipinski definition) is 7. The summed E-state index contributed by atoms with van der Waals surface area (Å²) in [6.07, 6.45) is 4.51. The number of amides is 1. The van der Waals surface area contributed by atoms with Crippen molar-refractivity contribution in [3.8, 4) is 6.01 Å². The van der Waals surface area contributed by atoms with Crippen molar-refractivity contribution < 1.29 is 14.3 Å². The van der Waals surface area contributed by atoms with Crippen LogP contribution in [0.1, 0.15) is 36.6 Å². The van der Waals surface area contributed by atoms with Crippen molar-refractivity contribution in [1.82, 2.24) is 14.9 Å². The molecule has 0 bridgehead atoms. The van der Waals surface area contributed by atoms with Crippen LogP contribution in [0.3, 0.4) is 0 Å². The van der Waals surface area contributed by atoms with E-state index in [9.17, 15) is 4.79 Å².